The standard InChI is InChI=1S/C12H21N3O2S/c1-3-4-6-13-12-14-10(2)8-15(12)11-5-7-18(16,17)9-11/h8,11H,3-7,9H2,1-2H3,(H,13,14). The van der Waals surface area contributed by atoms with Gasteiger partial charge in [-0.15, -0.1) is 0 Å². The fraction of sp³-hybridized carbons (Fsp3) is 0.750. The first-order chi connectivity index (χ1) is 8.52. The van der Waals surface area contributed by atoms with Crippen LogP contribution < -0.4 is 5.32 Å². The maximum atomic E-state index is 11.5. The molecule has 1 aliphatic heterocycles. The molecule has 2 heterocycles. The van der Waals surface area contributed by atoms with E-state index < -0.39 is 9.84 Å². The van der Waals surface area contributed by atoms with Crippen molar-refractivity contribution >= 4 is 15.8 Å². The topological polar surface area (TPSA) is 64.0 Å². The number of imidazole rings is 1. The molecule has 6 heteroatoms. The molecule has 1 N–H and O–H groups in total. The molecular formula is C12H21N3O2S. The van der Waals surface area contributed by atoms with Crippen LogP contribution in [0.15, 0.2) is 6.20 Å². The Hall–Kier alpha value is -1.04. The fourth-order valence-electron chi connectivity index (χ4n) is 2.30. The van der Waals surface area contributed by atoms with Crippen LogP contribution >= 0.6 is 0 Å². The van der Waals surface area contributed by atoms with E-state index in [0.717, 1.165) is 31.0 Å². The first-order valence-corrected chi connectivity index (χ1v) is 8.34. The van der Waals surface area contributed by atoms with Crippen LogP contribution in [-0.2, 0) is 9.84 Å². The lowest BCUT2D eigenvalue weighted by Crippen LogP contribution is -2.14. The normalized spacial score (nSPS) is 22.2. The zero-order valence-corrected chi connectivity index (χ0v) is 11.8. The van der Waals surface area contributed by atoms with Crippen molar-refractivity contribution in [1.29, 1.82) is 0 Å². The number of sulfone groups is 1. The largest absolute Gasteiger partial charge is 0.356 e. The average molecular weight is 271 g/mol. The summed E-state index contributed by atoms with van der Waals surface area (Å²) in [6.45, 7) is 4.96. The summed E-state index contributed by atoms with van der Waals surface area (Å²) in [5, 5.41) is 3.30. The van der Waals surface area contributed by atoms with Crippen molar-refractivity contribution in [3.63, 3.8) is 0 Å². The van der Waals surface area contributed by atoms with Gasteiger partial charge in [-0.05, 0) is 19.8 Å². The molecular weight excluding hydrogens is 250 g/mol. The predicted molar refractivity (Wildman–Crippen MR) is 72.7 cm³/mol. The van der Waals surface area contributed by atoms with Gasteiger partial charge in [0.1, 0.15) is 0 Å². The van der Waals surface area contributed by atoms with Gasteiger partial charge in [0.15, 0.2) is 9.84 Å². The molecule has 0 bridgehead atoms. The third kappa shape index (κ3) is 3.04. The first-order valence-electron chi connectivity index (χ1n) is 6.51. The Bertz CT molecular complexity index is 507. The lowest BCUT2D eigenvalue weighted by atomic mass is 10.2. The second-order valence-electron chi connectivity index (χ2n) is 4.95. The highest BCUT2D eigenvalue weighted by Gasteiger charge is 2.30. The van der Waals surface area contributed by atoms with Gasteiger partial charge in [-0.25, -0.2) is 13.4 Å². The van der Waals surface area contributed by atoms with Crippen LogP contribution in [0.1, 0.15) is 37.9 Å². The number of hydrogen-bond donors (Lipinski definition) is 1. The minimum Gasteiger partial charge on any atom is -0.356 e. The maximum Gasteiger partial charge on any atom is 0.203 e. The maximum absolute atomic E-state index is 11.5. The molecule has 102 valence electrons. The number of hydrogen-bond acceptors (Lipinski definition) is 4. The lowest BCUT2D eigenvalue weighted by Gasteiger charge is -2.14. The number of nitrogens with one attached hydrogen (secondary N) is 1. The van der Waals surface area contributed by atoms with E-state index in [9.17, 15) is 8.42 Å². The lowest BCUT2D eigenvalue weighted by molar-refractivity contribution is 0.558. The van der Waals surface area contributed by atoms with Gasteiger partial charge in [0.2, 0.25) is 5.95 Å². The van der Waals surface area contributed by atoms with Gasteiger partial charge in [-0.3, -0.25) is 0 Å². The van der Waals surface area contributed by atoms with E-state index in [4.69, 9.17) is 0 Å². The van der Waals surface area contributed by atoms with E-state index in [1.165, 1.54) is 0 Å². The van der Waals surface area contributed by atoms with Crippen molar-refractivity contribution in [2.45, 2.75) is 39.2 Å². The Kier molecular flexibility index (Phi) is 3.94. The molecule has 1 aromatic rings. The molecule has 0 amide bonds. The molecule has 1 aromatic heterocycles. The van der Waals surface area contributed by atoms with E-state index in [-0.39, 0.29) is 11.8 Å². The van der Waals surface area contributed by atoms with E-state index >= 15 is 0 Å². The van der Waals surface area contributed by atoms with E-state index in [2.05, 4.69) is 17.2 Å². The Balaban J connectivity index is 2.12. The number of aromatic nitrogens is 2. The van der Waals surface area contributed by atoms with Crippen LogP contribution in [-0.4, -0.2) is 36.0 Å². The molecule has 1 atom stereocenters. The van der Waals surface area contributed by atoms with Gasteiger partial charge in [-0.2, -0.15) is 0 Å². The summed E-state index contributed by atoms with van der Waals surface area (Å²) in [5.41, 5.74) is 0.929. The third-order valence-electron chi connectivity index (χ3n) is 3.27. The second-order valence-corrected chi connectivity index (χ2v) is 7.18. The van der Waals surface area contributed by atoms with Crippen molar-refractivity contribution in [1.82, 2.24) is 9.55 Å². The summed E-state index contributed by atoms with van der Waals surface area (Å²) >= 11 is 0. The number of nitrogens with zero attached hydrogens (tertiary/aromatic N) is 2. The van der Waals surface area contributed by atoms with Crippen LogP contribution in [0.4, 0.5) is 5.95 Å². The van der Waals surface area contributed by atoms with Crippen molar-refractivity contribution in [3.8, 4) is 0 Å². The third-order valence-corrected chi connectivity index (χ3v) is 5.02. The highest BCUT2D eigenvalue weighted by molar-refractivity contribution is 7.91. The van der Waals surface area contributed by atoms with Crippen molar-refractivity contribution in [2.75, 3.05) is 23.4 Å². The molecule has 1 saturated heterocycles. The van der Waals surface area contributed by atoms with E-state index in [1.807, 2.05) is 17.7 Å². The van der Waals surface area contributed by atoms with E-state index in [1.54, 1.807) is 0 Å². The van der Waals surface area contributed by atoms with Crippen LogP contribution in [0.3, 0.4) is 0 Å². The van der Waals surface area contributed by atoms with Gasteiger partial charge < -0.3 is 9.88 Å². The molecule has 1 unspecified atom stereocenters. The Morgan fingerprint density at radius 1 is 1.56 bits per heavy atom. The highest BCUT2D eigenvalue weighted by Crippen LogP contribution is 2.27. The van der Waals surface area contributed by atoms with Gasteiger partial charge in [0.25, 0.3) is 0 Å². The minimum atomic E-state index is -2.85. The summed E-state index contributed by atoms with van der Waals surface area (Å²) in [4.78, 5) is 4.43. The highest BCUT2D eigenvalue weighted by atomic mass is 32.2. The Labute approximate surface area is 109 Å². The van der Waals surface area contributed by atoms with Gasteiger partial charge in [0.05, 0.1) is 23.2 Å². The zero-order chi connectivity index (χ0) is 13.2. The van der Waals surface area contributed by atoms with Crippen molar-refractivity contribution in [2.24, 2.45) is 0 Å². The van der Waals surface area contributed by atoms with Crippen LogP contribution in [0.2, 0.25) is 0 Å². The Morgan fingerprint density at radius 2 is 2.33 bits per heavy atom. The van der Waals surface area contributed by atoms with Crippen molar-refractivity contribution < 1.29 is 8.42 Å². The average Bonchev–Trinajstić information content (AvgIpc) is 2.82. The quantitative estimate of drug-likeness (QED) is 0.829. The first kappa shape index (κ1) is 13.4. The fourth-order valence-corrected chi connectivity index (χ4v) is 4.01. The summed E-state index contributed by atoms with van der Waals surface area (Å²) in [7, 11) is -2.85. The molecule has 0 radical (unpaired) electrons. The predicted octanol–water partition coefficient (Wildman–Crippen LogP) is 1.76. The molecule has 1 aliphatic rings. The molecule has 0 spiro atoms. The smallest absolute Gasteiger partial charge is 0.203 e. The van der Waals surface area contributed by atoms with Crippen LogP contribution in [0.5, 0.6) is 0 Å². The van der Waals surface area contributed by atoms with Crippen molar-refractivity contribution in [3.05, 3.63) is 11.9 Å². The molecule has 5 nitrogen and oxygen atoms in total. The number of rotatable bonds is 5. The molecule has 2 rings (SSSR count). The number of aryl methyl sites for hydroxylation is 1. The summed E-state index contributed by atoms with van der Waals surface area (Å²) in [6.07, 6.45) is 4.86. The van der Waals surface area contributed by atoms with Gasteiger partial charge >= 0.3 is 0 Å². The SMILES string of the molecule is CCCCNc1nc(C)cn1C1CCS(=O)(=O)C1. The monoisotopic (exact) mass is 271 g/mol. The molecule has 0 aromatic carbocycles. The number of unbranched alkanes of at least 4 members (excludes halogenated alkanes) is 1. The zero-order valence-electron chi connectivity index (χ0n) is 11.0. The molecule has 1 fully saturated rings. The molecule has 0 saturated carbocycles. The molecule has 0 aliphatic carbocycles. The Morgan fingerprint density at radius 3 is 2.94 bits per heavy atom. The van der Waals surface area contributed by atoms with Crippen LogP contribution in [0, 0.1) is 6.92 Å². The number of anilines is 1. The second kappa shape index (κ2) is 5.30. The van der Waals surface area contributed by atoms with E-state index in [0.29, 0.717) is 12.2 Å². The minimum absolute atomic E-state index is 0.0420. The van der Waals surface area contributed by atoms with Crippen LogP contribution in [0.25, 0.3) is 0 Å². The molecule has 18 heavy (non-hydrogen) atoms. The summed E-state index contributed by atoms with van der Waals surface area (Å²) < 4.78 is 25.1. The van der Waals surface area contributed by atoms with Gasteiger partial charge in [0, 0.05) is 12.7 Å². The summed E-state index contributed by atoms with van der Waals surface area (Å²) in [5.74, 6) is 1.34. The van der Waals surface area contributed by atoms with Gasteiger partial charge in [-0.1, -0.05) is 13.3 Å². The summed E-state index contributed by atoms with van der Waals surface area (Å²) in [6, 6.07) is 0.0420.